The van der Waals surface area contributed by atoms with Crippen molar-refractivity contribution in [3.63, 3.8) is 0 Å². The van der Waals surface area contributed by atoms with E-state index in [-0.39, 0.29) is 29.4 Å². The van der Waals surface area contributed by atoms with Crippen molar-refractivity contribution in [2.45, 2.75) is 69.2 Å². The van der Waals surface area contributed by atoms with Crippen molar-refractivity contribution in [1.82, 2.24) is 0 Å². The summed E-state index contributed by atoms with van der Waals surface area (Å²) in [6.07, 6.45) is 0. The van der Waals surface area contributed by atoms with Crippen LogP contribution in [-0.4, -0.2) is 0 Å². The van der Waals surface area contributed by atoms with Crippen LogP contribution in [0.25, 0.3) is 0 Å². The van der Waals surface area contributed by atoms with Gasteiger partial charge in [-0.15, -0.1) is 0 Å². The second kappa shape index (κ2) is 5.09. The van der Waals surface area contributed by atoms with Gasteiger partial charge in [0.25, 0.3) is 0 Å². The zero-order valence-corrected chi connectivity index (χ0v) is 17.4. The second-order valence-electron chi connectivity index (χ2n) is 7.76. The molecular weight excluding hydrogens is 336 g/mol. The molecule has 0 unspecified atom stereocenters. The molecule has 0 atom stereocenters. The quantitative estimate of drug-likeness (QED) is 0.498. The molecule has 0 N–H and O–H groups in total. The summed E-state index contributed by atoms with van der Waals surface area (Å²) >= 11 is -0.293. The van der Waals surface area contributed by atoms with E-state index in [1.54, 1.807) is 30.2 Å². The van der Waals surface area contributed by atoms with Gasteiger partial charge in [-0.25, -0.2) is 0 Å². The zero-order valence-electron chi connectivity index (χ0n) is 15.4. The van der Waals surface area contributed by atoms with E-state index in [1.807, 2.05) is 0 Å². The molecule has 0 fully saturated rings. The molecule has 2 aliphatic rings. The predicted molar refractivity (Wildman–Crippen MR) is 89.7 cm³/mol. The Balaban J connectivity index is 2.47. The Morgan fingerprint density at radius 3 is 1.00 bits per heavy atom. The molecule has 21 heavy (non-hydrogen) atoms. The molecule has 0 saturated heterocycles. The minimum absolute atomic E-state index is 0.268. The SMILES string of the molecule is CC1=C(C)C(C)(C)[C]([Mo][C]2=C(C)C(C)=C(C)C2(C)C)=C1C. The third-order valence-corrected chi connectivity index (χ3v) is 11.2. The first-order valence-corrected chi connectivity index (χ1v) is 9.92. The summed E-state index contributed by atoms with van der Waals surface area (Å²) in [5.41, 5.74) is 9.93. The van der Waals surface area contributed by atoms with Gasteiger partial charge in [0.05, 0.1) is 0 Å². The topological polar surface area (TPSA) is 0 Å². The van der Waals surface area contributed by atoms with Crippen LogP contribution >= 0.6 is 0 Å². The van der Waals surface area contributed by atoms with Crippen LogP contribution in [0.1, 0.15) is 69.2 Å². The van der Waals surface area contributed by atoms with Crippen LogP contribution in [0.15, 0.2) is 41.4 Å². The van der Waals surface area contributed by atoms with Gasteiger partial charge in [-0.2, -0.15) is 0 Å². The first-order chi connectivity index (χ1) is 9.44. The average molecular weight is 366 g/mol. The Hall–Kier alpha value is -0.352. The molecule has 0 heterocycles. The van der Waals surface area contributed by atoms with E-state index < -0.39 is 0 Å². The van der Waals surface area contributed by atoms with Crippen molar-refractivity contribution in [3.8, 4) is 0 Å². The van der Waals surface area contributed by atoms with E-state index >= 15 is 0 Å². The van der Waals surface area contributed by atoms with Crippen LogP contribution in [0.4, 0.5) is 0 Å². The number of hydrogen-bond donors (Lipinski definition) is 0. The molecule has 2 aliphatic carbocycles. The van der Waals surface area contributed by atoms with Crippen LogP contribution in [0, 0.1) is 10.8 Å². The van der Waals surface area contributed by atoms with Crippen molar-refractivity contribution in [1.29, 1.82) is 0 Å². The molecule has 0 aliphatic heterocycles. The molecule has 0 amide bonds. The molecule has 0 saturated carbocycles. The zero-order chi connectivity index (χ0) is 16.3. The van der Waals surface area contributed by atoms with E-state index in [4.69, 9.17) is 0 Å². The Kier molecular flexibility index (Phi) is 4.12. The fraction of sp³-hybridized carbons (Fsp3) is 0.600. The Morgan fingerprint density at radius 1 is 0.524 bits per heavy atom. The van der Waals surface area contributed by atoms with Crippen LogP contribution < -0.4 is 0 Å². The maximum atomic E-state index is 2.42. The van der Waals surface area contributed by atoms with Crippen LogP contribution in [0.5, 0.6) is 0 Å². The average Bonchev–Trinajstić information content (AvgIpc) is 2.63. The first-order valence-electron chi connectivity index (χ1n) is 7.91. The van der Waals surface area contributed by atoms with E-state index in [0.717, 1.165) is 0 Å². The van der Waals surface area contributed by atoms with Gasteiger partial charge in [-0.05, 0) is 0 Å². The monoisotopic (exact) mass is 368 g/mol. The standard InChI is InChI=1S/2C10H15.Mo/c2*1-7-6-10(4,5)9(3)8(7)2;/h2*1-5H3;. The van der Waals surface area contributed by atoms with Gasteiger partial charge in [0.15, 0.2) is 0 Å². The Morgan fingerprint density at radius 2 is 0.810 bits per heavy atom. The molecule has 116 valence electrons. The normalized spacial score (nSPS) is 24.9. The molecule has 0 radical (unpaired) electrons. The van der Waals surface area contributed by atoms with Gasteiger partial charge >= 0.3 is 140 Å². The third-order valence-electron chi connectivity index (χ3n) is 6.15. The fourth-order valence-corrected chi connectivity index (χ4v) is 7.64. The van der Waals surface area contributed by atoms with Crippen molar-refractivity contribution < 1.29 is 18.6 Å². The van der Waals surface area contributed by atoms with E-state index in [0.29, 0.717) is 0 Å². The molecule has 0 aromatic heterocycles. The molecule has 0 aromatic rings. The predicted octanol–water partition coefficient (Wildman–Crippen LogP) is 6.37. The summed E-state index contributed by atoms with van der Waals surface area (Å²) < 4.78 is 3.51. The summed E-state index contributed by atoms with van der Waals surface area (Å²) in [5, 5.41) is 0. The van der Waals surface area contributed by atoms with Crippen LogP contribution in [-0.2, 0) is 18.6 Å². The molecule has 0 bridgehead atoms. The summed E-state index contributed by atoms with van der Waals surface area (Å²) in [6.45, 7) is 23.7. The second-order valence-corrected chi connectivity index (χ2v) is 10.3. The fourth-order valence-electron chi connectivity index (χ4n) is 3.63. The molecule has 0 spiro atoms. The number of rotatable bonds is 2. The minimum atomic E-state index is -0.293. The van der Waals surface area contributed by atoms with Crippen molar-refractivity contribution >= 4 is 0 Å². The van der Waals surface area contributed by atoms with Crippen molar-refractivity contribution in [2.75, 3.05) is 0 Å². The Labute approximate surface area is 140 Å². The van der Waals surface area contributed by atoms with Crippen molar-refractivity contribution in [2.24, 2.45) is 10.8 Å². The van der Waals surface area contributed by atoms with Crippen LogP contribution in [0.3, 0.4) is 0 Å². The summed E-state index contributed by atoms with van der Waals surface area (Å²) in [6, 6.07) is 0. The molecule has 0 aromatic carbocycles. The van der Waals surface area contributed by atoms with Crippen LogP contribution in [0.2, 0.25) is 0 Å². The summed E-state index contributed by atoms with van der Waals surface area (Å²) in [5.74, 6) is 0. The van der Waals surface area contributed by atoms with E-state index in [1.165, 1.54) is 11.1 Å². The molecule has 1 heteroatoms. The molecular formula is C20H30Mo. The molecule has 2 rings (SSSR count). The first kappa shape index (κ1) is 17.0. The van der Waals surface area contributed by atoms with Gasteiger partial charge in [0.2, 0.25) is 0 Å². The number of hydrogen-bond acceptors (Lipinski definition) is 0. The number of allylic oxidation sites excluding steroid dienone is 8. The van der Waals surface area contributed by atoms with E-state index in [2.05, 4.69) is 69.2 Å². The molecule has 0 nitrogen and oxygen atoms in total. The van der Waals surface area contributed by atoms with Gasteiger partial charge < -0.3 is 0 Å². The van der Waals surface area contributed by atoms with Gasteiger partial charge in [0, 0.05) is 0 Å². The van der Waals surface area contributed by atoms with Crippen molar-refractivity contribution in [3.05, 3.63) is 41.4 Å². The van der Waals surface area contributed by atoms with E-state index in [9.17, 15) is 0 Å². The van der Waals surface area contributed by atoms with Gasteiger partial charge in [0.1, 0.15) is 0 Å². The Bertz CT molecular complexity index is 575. The summed E-state index contributed by atoms with van der Waals surface area (Å²) in [4.78, 5) is 0. The van der Waals surface area contributed by atoms with Gasteiger partial charge in [-0.1, -0.05) is 0 Å². The maximum absolute atomic E-state index is 2.42. The third kappa shape index (κ3) is 2.29. The van der Waals surface area contributed by atoms with Gasteiger partial charge in [-0.3, -0.25) is 0 Å². The summed E-state index contributed by atoms with van der Waals surface area (Å²) in [7, 11) is 0.